The van der Waals surface area contributed by atoms with E-state index >= 15 is 0 Å². The summed E-state index contributed by atoms with van der Waals surface area (Å²) in [5, 5.41) is 13.3. The number of hydrogen-bond acceptors (Lipinski definition) is 3. The van der Waals surface area contributed by atoms with Crippen LogP contribution in [0.1, 0.15) is 10.4 Å². The van der Waals surface area contributed by atoms with Gasteiger partial charge in [-0.1, -0.05) is 0 Å². The van der Waals surface area contributed by atoms with Crippen molar-refractivity contribution in [2.24, 2.45) is 0 Å². The number of nitrogens with one attached hydrogen (secondary N) is 1. The molecule has 5 heteroatoms. The fourth-order valence-electron chi connectivity index (χ4n) is 1.13. The highest BCUT2D eigenvalue weighted by molar-refractivity contribution is 5.93. The summed E-state index contributed by atoms with van der Waals surface area (Å²) in [6.07, 6.45) is 3.18. The molecule has 82 valence electrons. The Bertz CT molecular complexity index is 290. The van der Waals surface area contributed by atoms with Gasteiger partial charge in [-0.3, -0.25) is 9.78 Å². The Balaban J connectivity index is 2.20. The van der Waals surface area contributed by atoms with Gasteiger partial charge in [-0.25, -0.2) is 0 Å². The third-order valence-corrected chi connectivity index (χ3v) is 1.91. The first kappa shape index (κ1) is 11.6. The van der Waals surface area contributed by atoms with Crippen molar-refractivity contribution in [2.45, 2.75) is 0 Å². The summed E-state index contributed by atoms with van der Waals surface area (Å²) in [4.78, 5) is 15.3. The number of hydrogen-bond donors (Lipinski definition) is 3. The van der Waals surface area contributed by atoms with Gasteiger partial charge in [0, 0.05) is 18.0 Å². The van der Waals surface area contributed by atoms with Crippen molar-refractivity contribution in [2.75, 3.05) is 26.2 Å². The van der Waals surface area contributed by atoms with Gasteiger partial charge < -0.3 is 15.7 Å². The van der Waals surface area contributed by atoms with Gasteiger partial charge in [0.2, 0.25) is 0 Å². The number of nitrogens with zero attached hydrogens (tertiary/aromatic N) is 1. The first-order chi connectivity index (χ1) is 7.34. The van der Waals surface area contributed by atoms with Crippen LogP contribution in [0.25, 0.3) is 0 Å². The van der Waals surface area contributed by atoms with Gasteiger partial charge in [0.1, 0.15) is 0 Å². The summed E-state index contributed by atoms with van der Waals surface area (Å²) in [5.41, 5.74) is 0.618. The Labute approximate surface area is 88.5 Å². The quantitative estimate of drug-likeness (QED) is 0.493. The normalized spacial score (nSPS) is 9.93. The Morgan fingerprint density at radius 1 is 1.40 bits per heavy atom. The van der Waals surface area contributed by atoms with Gasteiger partial charge in [-0.15, -0.1) is 0 Å². The molecule has 5 nitrogen and oxygen atoms in total. The number of quaternary nitrogens is 1. The average molecular weight is 210 g/mol. The second-order valence-corrected chi connectivity index (χ2v) is 3.08. The number of rotatable bonds is 6. The zero-order chi connectivity index (χ0) is 10.9. The van der Waals surface area contributed by atoms with E-state index in [1.165, 1.54) is 0 Å². The monoisotopic (exact) mass is 210 g/mol. The minimum absolute atomic E-state index is 0.0881. The zero-order valence-electron chi connectivity index (χ0n) is 8.52. The Hall–Kier alpha value is -1.46. The molecule has 0 aromatic carbocycles. The van der Waals surface area contributed by atoms with E-state index in [2.05, 4.69) is 10.3 Å². The van der Waals surface area contributed by atoms with Crippen LogP contribution in [0.5, 0.6) is 0 Å². The number of aromatic nitrogens is 1. The van der Waals surface area contributed by atoms with Crippen LogP contribution >= 0.6 is 0 Å². The number of carbonyl (C=O) groups is 1. The van der Waals surface area contributed by atoms with Crippen molar-refractivity contribution in [3.05, 3.63) is 30.1 Å². The molecular weight excluding hydrogens is 194 g/mol. The number of pyridine rings is 1. The highest BCUT2D eigenvalue weighted by Gasteiger charge is 2.03. The molecule has 0 bridgehead atoms. The average Bonchev–Trinajstić information content (AvgIpc) is 2.30. The maximum atomic E-state index is 11.5. The van der Waals surface area contributed by atoms with E-state index in [1.807, 2.05) is 5.32 Å². The molecule has 15 heavy (non-hydrogen) atoms. The first-order valence-corrected chi connectivity index (χ1v) is 4.95. The molecule has 1 aromatic rings. The van der Waals surface area contributed by atoms with Crippen molar-refractivity contribution < 1.29 is 15.2 Å². The van der Waals surface area contributed by atoms with Crippen LogP contribution in [0, 0.1) is 0 Å². The second kappa shape index (κ2) is 6.92. The summed E-state index contributed by atoms with van der Waals surface area (Å²) in [7, 11) is 0. The smallest absolute Gasteiger partial charge is 0.251 e. The topological polar surface area (TPSA) is 78.8 Å². The van der Waals surface area contributed by atoms with Crippen LogP contribution in [0.2, 0.25) is 0 Å². The molecule has 0 fully saturated rings. The van der Waals surface area contributed by atoms with Gasteiger partial charge in [0.25, 0.3) is 5.91 Å². The standard InChI is InChI=1S/C10H15N3O2/c14-8-7-12-5-6-13-10(15)9-1-3-11-4-2-9/h1-4,12,14H,5-8H2,(H,13,15)/p+1. The number of amides is 1. The van der Waals surface area contributed by atoms with Crippen molar-refractivity contribution in [3.63, 3.8) is 0 Å². The molecule has 1 rings (SSSR count). The lowest BCUT2D eigenvalue weighted by atomic mass is 10.2. The lowest BCUT2D eigenvalue weighted by Gasteiger charge is -2.03. The minimum atomic E-state index is -0.0881. The van der Waals surface area contributed by atoms with Crippen LogP contribution in [-0.4, -0.2) is 42.2 Å². The van der Waals surface area contributed by atoms with Gasteiger partial charge in [-0.05, 0) is 12.1 Å². The predicted octanol–water partition coefficient (Wildman–Crippen LogP) is -1.63. The van der Waals surface area contributed by atoms with Crippen LogP contribution in [0.3, 0.4) is 0 Å². The third kappa shape index (κ3) is 4.53. The largest absolute Gasteiger partial charge is 0.391 e. The molecule has 0 aliphatic rings. The Kier molecular flexibility index (Phi) is 5.35. The van der Waals surface area contributed by atoms with Crippen molar-refractivity contribution in [1.29, 1.82) is 0 Å². The van der Waals surface area contributed by atoms with Gasteiger partial charge in [-0.2, -0.15) is 0 Å². The fourth-order valence-corrected chi connectivity index (χ4v) is 1.13. The van der Waals surface area contributed by atoms with Crippen molar-refractivity contribution in [3.8, 4) is 0 Å². The van der Waals surface area contributed by atoms with Gasteiger partial charge in [0.15, 0.2) is 0 Å². The SMILES string of the molecule is O=C(NCC[NH2+]CCO)c1ccncc1. The molecule has 0 saturated heterocycles. The van der Waals surface area contributed by atoms with E-state index in [0.717, 1.165) is 6.54 Å². The van der Waals surface area contributed by atoms with E-state index < -0.39 is 0 Å². The molecule has 0 saturated carbocycles. The molecular formula is C10H16N3O2+. The number of nitrogens with two attached hydrogens (primary N) is 1. The molecule has 0 unspecified atom stereocenters. The van der Waals surface area contributed by atoms with E-state index in [0.29, 0.717) is 18.7 Å². The lowest BCUT2D eigenvalue weighted by Crippen LogP contribution is -2.86. The van der Waals surface area contributed by atoms with Crippen LogP contribution < -0.4 is 10.6 Å². The van der Waals surface area contributed by atoms with E-state index in [9.17, 15) is 4.79 Å². The molecule has 1 aromatic heterocycles. The van der Waals surface area contributed by atoms with E-state index in [-0.39, 0.29) is 12.5 Å². The number of aliphatic hydroxyl groups excluding tert-OH is 1. The van der Waals surface area contributed by atoms with Crippen LogP contribution in [0.15, 0.2) is 24.5 Å². The van der Waals surface area contributed by atoms with Gasteiger partial charge >= 0.3 is 0 Å². The molecule has 0 aliphatic carbocycles. The third-order valence-electron chi connectivity index (χ3n) is 1.91. The summed E-state index contributed by atoms with van der Waals surface area (Å²) in [6.45, 7) is 2.21. The zero-order valence-corrected chi connectivity index (χ0v) is 8.52. The summed E-state index contributed by atoms with van der Waals surface area (Å²) in [5.74, 6) is -0.0881. The molecule has 1 amide bonds. The second-order valence-electron chi connectivity index (χ2n) is 3.08. The van der Waals surface area contributed by atoms with Crippen molar-refractivity contribution in [1.82, 2.24) is 10.3 Å². The summed E-state index contributed by atoms with van der Waals surface area (Å²) < 4.78 is 0. The van der Waals surface area contributed by atoms with Crippen molar-refractivity contribution >= 4 is 5.91 Å². The highest BCUT2D eigenvalue weighted by Crippen LogP contribution is 1.94. The maximum Gasteiger partial charge on any atom is 0.251 e. The summed E-state index contributed by atoms with van der Waals surface area (Å²) in [6, 6.07) is 3.35. The summed E-state index contributed by atoms with van der Waals surface area (Å²) >= 11 is 0. The minimum Gasteiger partial charge on any atom is -0.391 e. The number of aliphatic hydroxyl groups is 1. The van der Waals surface area contributed by atoms with Gasteiger partial charge in [0.05, 0.1) is 26.2 Å². The van der Waals surface area contributed by atoms with Crippen LogP contribution in [-0.2, 0) is 0 Å². The first-order valence-electron chi connectivity index (χ1n) is 4.95. The molecule has 0 atom stereocenters. The Morgan fingerprint density at radius 3 is 2.80 bits per heavy atom. The molecule has 4 N–H and O–H groups in total. The molecule has 0 radical (unpaired) electrons. The lowest BCUT2D eigenvalue weighted by molar-refractivity contribution is -0.654. The predicted molar refractivity (Wildman–Crippen MR) is 55.3 cm³/mol. The van der Waals surface area contributed by atoms with E-state index in [4.69, 9.17) is 5.11 Å². The molecule has 1 heterocycles. The van der Waals surface area contributed by atoms with E-state index in [1.54, 1.807) is 24.5 Å². The maximum absolute atomic E-state index is 11.5. The number of carbonyl (C=O) groups excluding carboxylic acids is 1. The Morgan fingerprint density at radius 2 is 2.13 bits per heavy atom. The fraction of sp³-hybridized carbons (Fsp3) is 0.400. The molecule has 0 aliphatic heterocycles. The van der Waals surface area contributed by atoms with Crippen LogP contribution in [0.4, 0.5) is 0 Å². The molecule has 0 spiro atoms. The highest BCUT2D eigenvalue weighted by atomic mass is 16.3.